The summed E-state index contributed by atoms with van der Waals surface area (Å²) in [6.45, 7) is 3.76. The predicted octanol–water partition coefficient (Wildman–Crippen LogP) is 1.46. The van der Waals surface area contributed by atoms with Gasteiger partial charge in [-0.25, -0.2) is 9.78 Å². The van der Waals surface area contributed by atoms with Crippen LogP contribution in [0.25, 0.3) is 0 Å². The summed E-state index contributed by atoms with van der Waals surface area (Å²) in [5.41, 5.74) is 0. The van der Waals surface area contributed by atoms with Crippen molar-refractivity contribution in [1.29, 1.82) is 0 Å². The van der Waals surface area contributed by atoms with E-state index in [1.54, 1.807) is 32.2 Å². The summed E-state index contributed by atoms with van der Waals surface area (Å²) < 4.78 is 5.89. The molecule has 0 bridgehead atoms. The molecule has 0 aliphatic carbocycles. The fourth-order valence-electron chi connectivity index (χ4n) is 1.12. The van der Waals surface area contributed by atoms with E-state index < -0.39 is 18.0 Å². The molecule has 0 saturated carbocycles. The van der Waals surface area contributed by atoms with Crippen molar-refractivity contribution in [3.8, 4) is 5.75 Å². The number of hydrogen-bond acceptors (Lipinski definition) is 4. The number of pyridine rings is 1. The highest BCUT2D eigenvalue weighted by Gasteiger charge is 2.18. The van der Waals surface area contributed by atoms with Crippen LogP contribution >= 0.6 is 15.9 Å². The quantitative estimate of drug-likeness (QED) is 0.824. The number of carbonyl (C=O) groups is 2. The minimum Gasteiger partial charge on any atom is -0.478 e. The highest BCUT2D eigenvalue weighted by Crippen LogP contribution is 2.22. The van der Waals surface area contributed by atoms with Crippen LogP contribution in [-0.4, -0.2) is 29.6 Å². The number of ether oxygens (including phenoxy) is 1. The fourth-order valence-corrected chi connectivity index (χ4v) is 1.47. The van der Waals surface area contributed by atoms with Crippen LogP contribution in [0.1, 0.15) is 13.8 Å². The van der Waals surface area contributed by atoms with Crippen molar-refractivity contribution in [2.45, 2.75) is 20.0 Å². The summed E-state index contributed by atoms with van der Waals surface area (Å²) in [7, 11) is 0. The van der Waals surface area contributed by atoms with Crippen LogP contribution in [0.3, 0.4) is 0 Å². The Labute approximate surface area is 113 Å². The molecule has 0 spiro atoms. The van der Waals surface area contributed by atoms with Gasteiger partial charge in [-0.05, 0) is 41.9 Å². The number of rotatable bonds is 4. The molecule has 0 radical (unpaired) electrons. The van der Waals surface area contributed by atoms with E-state index in [-0.39, 0.29) is 0 Å². The molecule has 6 nitrogen and oxygen atoms in total. The Kier molecular flexibility index (Phi) is 5.57. The van der Waals surface area contributed by atoms with E-state index in [0.717, 1.165) is 0 Å². The maximum Gasteiger partial charge on any atom is 0.321 e. The van der Waals surface area contributed by atoms with E-state index >= 15 is 0 Å². The van der Waals surface area contributed by atoms with Gasteiger partial charge in [-0.15, -0.1) is 0 Å². The van der Waals surface area contributed by atoms with E-state index in [9.17, 15) is 9.59 Å². The smallest absolute Gasteiger partial charge is 0.321 e. The molecule has 98 valence electrons. The Bertz CT molecular complexity index is 439. The Balaban J connectivity index is 2.55. The maximum absolute atomic E-state index is 11.6. The van der Waals surface area contributed by atoms with Gasteiger partial charge in [0.25, 0.3) is 5.91 Å². The summed E-state index contributed by atoms with van der Waals surface area (Å²) in [5, 5.41) is 4.63. The molecule has 1 atom stereocenters. The Morgan fingerprint density at radius 2 is 2.28 bits per heavy atom. The number of hydrogen-bond donors (Lipinski definition) is 2. The molecule has 1 unspecified atom stereocenters. The number of amides is 3. The van der Waals surface area contributed by atoms with E-state index in [4.69, 9.17) is 4.74 Å². The SMILES string of the molecule is CCNC(=O)NC(=O)C(C)Oc1cccnc1Br. The molecule has 0 aliphatic heterocycles. The van der Waals surface area contributed by atoms with Crippen molar-refractivity contribution in [3.63, 3.8) is 0 Å². The van der Waals surface area contributed by atoms with Crippen molar-refractivity contribution in [3.05, 3.63) is 22.9 Å². The molecule has 1 rings (SSSR count). The third-order valence-corrected chi connectivity index (χ3v) is 2.57. The Morgan fingerprint density at radius 1 is 1.56 bits per heavy atom. The van der Waals surface area contributed by atoms with E-state index in [1.807, 2.05) is 0 Å². The summed E-state index contributed by atoms with van der Waals surface area (Å²) in [4.78, 5) is 26.7. The van der Waals surface area contributed by atoms with Crippen LogP contribution in [0, 0.1) is 0 Å². The van der Waals surface area contributed by atoms with Crippen LogP contribution in [0.2, 0.25) is 0 Å². The van der Waals surface area contributed by atoms with E-state index in [1.165, 1.54) is 0 Å². The first-order valence-electron chi connectivity index (χ1n) is 5.40. The minimum absolute atomic E-state index is 0.441. The van der Waals surface area contributed by atoms with Crippen molar-refractivity contribution in [2.24, 2.45) is 0 Å². The second-order valence-electron chi connectivity index (χ2n) is 3.40. The van der Waals surface area contributed by atoms with Gasteiger partial charge >= 0.3 is 6.03 Å². The summed E-state index contributed by atoms with van der Waals surface area (Å²) in [6, 6.07) is 2.82. The van der Waals surface area contributed by atoms with Gasteiger partial charge in [0.2, 0.25) is 0 Å². The number of imide groups is 1. The minimum atomic E-state index is -0.798. The molecule has 3 amide bonds. The van der Waals surface area contributed by atoms with Gasteiger partial charge in [0.15, 0.2) is 11.9 Å². The zero-order valence-corrected chi connectivity index (χ0v) is 11.7. The average Bonchev–Trinajstić information content (AvgIpc) is 2.32. The van der Waals surface area contributed by atoms with E-state index in [2.05, 4.69) is 31.5 Å². The molecule has 0 fully saturated rings. The lowest BCUT2D eigenvalue weighted by molar-refractivity contribution is -0.126. The highest BCUT2D eigenvalue weighted by atomic mass is 79.9. The van der Waals surface area contributed by atoms with Gasteiger partial charge in [0.05, 0.1) is 0 Å². The second-order valence-corrected chi connectivity index (χ2v) is 4.15. The van der Waals surface area contributed by atoms with Crippen LogP contribution in [0.4, 0.5) is 4.79 Å². The molecular formula is C11H14BrN3O3. The van der Waals surface area contributed by atoms with Crippen molar-refractivity contribution in [2.75, 3.05) is 6.54 Å². The van der Waals surface area contributed by atoms with Crippen molar-refractivity contribution in [1.82, 2.24) is 15.6 Å². The van der Waals surface area contributed by atoms with Gasteiger partial charge in [-0.3, -0.25) is 10.1 Å². The zero-order valence-electron chi connectivity index (χ0n) is 10.1. The lowest BCUT2D eigenvalue weighted by atomic mass is 10.3. The normalized spacial score (nSPS) is 11.5. The number of nitrogens with one attached hydrogen (secondary N) is 2. The van der Waals surface area contributed by atoms with Crippen LogP contribution in [-0.2, 0) is 4.79 Å². The molecule has 1 aromatic heterocycles. The van der Waals surface area contributed by atoms with Crippen molar-refractivity contribution < 1.29 is 14.3 Å². The topological polar surface area (TPSA) is 80.3 Å². The zero-order chi connectivity index (χ0) is 13.5. The van der Waals surface area contributed by atoms with Gasteiger partial charge < -0.3 is 10.1 Å². The predicted molar refractivity (Wildman–Crippen MR) is 69.2 cm³/mol. The molecule has 0 saturated heterocycles. The highest BCUT2D eigenvalue weighted by molar-refractivity contribution is 9.10. The monoisotopic (exact) mass is 315 g/mol. The summed E-state index contributed by atoms with van der Waals surface area (Å²) in [6.07, 6.45) is 0.796. The number of carbonyl (C=O) groups excluding carboxylic acids is 2. The Hall–Kier alpha value is -1.63. The summed E-state index contributed by atoms with van der Waals surface area (Å²) >= 11 is 3.20. The first-order chi connectivity index (χ1) is 8.54. The number of nitrogens with zero attached hydrogens (tertiary/aromatic N) is 1. The molecule has 2 N–H and O–H groups in total. The molecule has 1 aromatic rings. The van der Waals surface area contributed by atoms with Crippen LogP contribution in [0.5, 0.6) is 5.75 Å². The average molecular weight is 316 g/mol. The third kappa shape index (κ3) is 4.33. The molecule has 18 heavy (non-hydrogen) atoms. The van der Waals surface area contributed by atoms with Crippen LogP contribution in [0.15, 0.2) is 22.9 Å². The number of halogens is 1. The number of aromatic nitrogens is 1. The number of urea groups is 1. The maximum atomic E-state index is 11.6. The molecule has 0 aromatic carbocycles. The molecule has 7 heteroatoms. The first kappa shape index (κ1) is 14.4. The largest absolute Gasteiger partial charge is 0.478 e. The van der Waals surface area contributed by atoms with Gasteiger partial charge in [0.1, 0.15) is 4.60 Å². The van der Waals surface area contributed by atoms with Gasteiger partial charge in [-0.2, -0.15) is 0 Å². The second kappa shape index (κ2) is 6.95. The Morgan fingerprint density at radius 3 is 2.89 bits per heavy atom. The van der Waals surface area contributed by atoms with Gasteiger partial charge in [-0.1, -0.05) is 0 Å². The first-order valence-corrected chi connectivity index (χ1v) is 6.19. The van der Waals surface area contributed by atoms with Crippen LogP contribution < -0.4 is 15.4 Å². The van der Waals surface area contributed by atoms with Crippen molar-refractivity contribution >= 4 is 27.9 Å². The standard InChI is InChI=1S/C11H14BrN3O3/c1-3-13-11(17)15-10(16)7(2)18-8-5-4-6-14-9(8)12/h4-7H,3H2,1-2H3,(H2,13,15,16,17). The van der Waals surface area contributed by atoms with Gasteiger partial charge in [0, 0.05) is 12.7 Å². The molecular weight excluding hydrogens is 302 g/mol. The lowest BCUT2D eigenvalue weighted by Gasteiger charge is -2.14. The van der Waals surface area contributed by atoms with E-state index in [0.29, 0.717) is 16.9 Å². The third-order valence-electron chi connectivity index (χ3n) is 1.97. The lowest BCUT2D eigenvalue weighted by Crippen LogP contribution is -2.45. The molecule has 0 aliphatic rings. The molecule has 1 heterocycles. The fraction of sp³-hybridized carbons (Fsp3) is 0.364. The summed E-state index contributed by atoms with van der Waals surface area (Å²) in [5.74, 6) is -0.0762.